The second-order valence-electron chi connectivity index (χ2n) is 5.16. The fraction of sp³-hybridized carbons (Fsp3) is 0.333. The summed E-state index contributed by atoms with van der Waals surface area (Å²) in [6, 6.07) is 5.49. The molecule has 3 rings (SSSR count). The van der Waals surface area contributed by atoms with Crippen LogP contribution in [0, 0.1) is 5.92 Å². The van der Waals surface area contributed by atoms with Gasteiger partial charge in [-0.15, -0.1) is 0 Å². The van der Waals surface area contributed by atoms with Crippen LogP contribution >= 0.6 is 0 Å². The summed E-state index contributed by atoms with van der Waals surface area (Å²) >= 11 is 0. The van der Waals surface area contributed by atoms with Gasteiger partial charge in [0.15, 0.2) is 0 Å². The van der Waals surface area contributed by atoms with Crippen LogP contribution < -0.4 is 4.74 Å². The number of carboxylic acids is 1. The topological polar surface area (TPSA) is 59.4 Å². The van der Waals surface area contributed by atoms with E-state index in [0.29, 0.717) is 23.7 Å². The Balaban J connectivity index is 2.13. The first-order chi connectivity index (χ1) is 9.93. The number of ether oxygens (including phenoxy) is 1. The second-order valence-corrected chi connectivity index (χ2v) is 5.16. The number of carboxylic acid groups (broad SMARTS) is 1. The molecule has 1 fully saturated rings. The van der Waals surface area contributed by atoms with Crippen molar-refractivity contribution in [2.45, 2.75) is 18.8 Å². The van der Waals surface area contributed by atoms with E-state index in [1.165, 1.54) is 31.4 Å². The first-order valence-electron chi connectivity index (χ1n) is 6.54. The van der Waals surface area contributed by atoms with Gasteiger partial charge in [0.05, 0.1) is 12.6 Å². The van der Waals surface area contributed by atoms with E-state index in [1.807, 2.05) is 0 Å². The Labute approximate surface area is 119 Å². The predicted octanol–water partition coefficient (Wildman–Crippen LogP) is 3.44. The van der Waals surface area contributed by atoms with E-state index < -0.39 is 17.8 Å². The summed E-state index contributed by atoms with van der Waals surface area (Å²) in [6.07, 6.45) is 1.06. The van der Waals surface area contributed by atoms with Crippen LogP contribution in [0.15, 0.2) is 24.3 Å². The molecular weight excluding hydrogens is 280 g/mol. The fourth-order valence-corrected chi connectivity index (χ4v) is 2.35. The highest BCUT2D eigenvalue weighted by molar-refractivity contribution is 5.95. The van der Waals surface area contributed by atoms with Crippen molar-refractivity contribution in [3.8, 4) is 5.88 Å². The minimum atomic E-state index is -2.87. The summed E-state index contributed by atoms with van der Waals surface area (Å²) in [4.78, 5) is 15.1. The van der Waals surface area contributed by atoms with Gasteiger partial charge in [-0.3, -0.25) is 0 Å². The third kappa shape index (κ3) is 2.30. The smallest absolute Gasteiger partial charge is 0.341 e. The summed E-state index contributed by atoms with van der Waals surface area (Å²) < 4.78 is 33.1. The van der Waals surface area contributed by atoms with E-state index in [-0.39, 0.29) is 17.0 Å². The second kappa shape index (κ2) is 4.65. The molecule has 1 heterocycles. The Kier molecular flexibility index (Phi) is 3.04. The molecule has 0 radical (unpaired) electrons. The van der Waals surface area contributed by atoms with Crippen molar-refractivity contribution >= 4 is 16.9 Å². The van der Waals surface area contributed by atoms with Gasteiger partial charge in [-0.05, 0) is 25.0 Å². The molecule has 1 saturated carbocycles. The van der Waals surface area contributed by atoms with Crippen molar-refractivity contribution in [2.75, 3.05) is 7.11 Å². The van der Waals surface area contributed by atoms with Gasteiger partial charge in [0.2, 0.25) is 5.88 Å². The molecule has 0 unspecified atom stereocenters. The van der Waals surface area contributed by atoms with Crippen LogP contribution in [0.4, 0.5) is 8.78 Å². The zero-order chi connectivity index (χ0) is 15.2. The minimum absolute atomic E-state index is 0.0816. The molecule has 1 aromatic carbocycles. The molecule has 6 heteroatoms. The minimum Gasteiger partial charge on any atom is -0.480 e. The Morgan fingerprint density at radius 3 is 2.67 bits per heavy atom. The van der Waals surface area contributed by atoms with Gasteiger partial charge in [-0.1, -0.05) is 12.1 Å². The number of pyridine rings is 1. The molecule has 1 aromatic heterocycles. The zero-order valence-corrected chi connectivity index (χ0v) is 11.3. The van der Waals surface area contributed by atoms with Crippen molar-refractivity contribution in [3.05, 3.63) is 35.4 Å². The van der Waals surface area contributed by atoms with E-state index >= 15 is 0 Å². The van der Waals surface area contributed by atoms with Gasteiger partial charge in [-0.25, -0.2) is 18.6 Å². The molecule has 0 bridgehead atoms. The molecule has 1 aliphatic rings. The third-order valence-electron chi connectivity index (χ3n) is 3.68. The van der Waals surface area contributed by atoms with Crippen LogP contribution in [0.1, 0.15) is 28.8 Å². The highest BCUT2D eigenvalue weighted by atomic mass is 19.3. The SMILES string of the molecule is COc1nc2cc(C(F)(F)C3CC3)ccc2cc1C(=O)O. The first kappa shape index (κ1) is 13.7. The molecular formula is C15H13F2NO3. The molecule has 110 valence electrons. The lowest BCUT2D eigenvalue weighted by atomic mass is 10.0. The molecule has 4 nitrogen and oxygen atoms in total. The summed E-state index contributed by atoms with van der Waals surface area (Å²) in [6.45, 7) is 0. The van der Waals surface area contributed by atoms with Crippen molar-refractivity contribution in [1.82, 2.24) is 4.98 Å². The Bertz CT molecular complexity index is 726. The molecule has 0 saturated heterocycles. The summed E-state index contributed by atoms with van der Waals surface area (Å²) in [7, 11) is 1.29. The molecule has 2 aromatic rings. The number of alkyl halides is 2. The average Bonchev–Trinajstić information content (AvgIpc) is 3.30. The molecule has 1 aliphatic carbocycles. The van der Waals surface area contributed by atoms with E-state index in [2.05, 4.69) is 4.98 Å². The van der Waals surface area contributed by atoms with Gasteiger partial charge in [0.25, 0.3) is 5.92 Å². The molecule has 21 heavy (non-hydrogen) atoms. The van der Waals surface area contributed by atoms with Crippen molar-refractivity contribution in [1.29, 1.82) is 0 Å². The normalized spacial score (nSPS) is 15.2. The quantitative estimate of drug-likeness (QED) is 0.938. The van der Waals surface area contributed by atoms with Crippen LogP contribution in [-0.2, 0) is 5.92 Å². The number of fused-ring (bicyclic) bond motifs is 1. The van der Waals surface area contributed by atoms with Crippen molar-refractivity contribution in [2.24, 2.45) is 5.92 Å². The fourth-order valence-electron chi connectivity index (χ4n) is 2.35. The summed E-state index contributed by atoms with van der Waals surface area (Å²) in [5.74, 6) is -4.72. The number of hydrogen-bond acceptors (Lipinski definition) is 3. The zero-order valence-electron chi connectivity index (χ0n) is 11.3. The number of benzene rings is 1. The standard InChI is InChI=1S/C15H13F2NO3/c1-21-13-11(14(19)20)6-8-2-3-10(7-12(8)18-13)15(16,17)9-4-5-9/h2-3,6-7,9H,4-5H2,1H3,(H,19,20). The predicted molar refractivity (Wildman–Crippen MR) is 71.9 cm³/mol. The van der Waals surface area contributed by atoms with E-state index in [9.17, 15) is 13.6 Å². The van der Waals surface area contributed by atoms with E-state index in [0.717, 1.165) is 0 Å². The lowest BCUT2D eigenvalue weighted by Crippen LogP contribution is -2.16. The number of nitrogens with zero attached hydrogens (tertiary/aromatic N) is 1. The number of aromatic nitrogens is 1. The lowest BCUT2D eigenvalue weighted by molar-refractivity contribution is -0.0284. The highest BCUT2D eigenvalue weighted by Crippen LogP contribution is 2.49. The van der Waals surface area contributed by atoms with Crippen LogP contribution in [0.3, 0.4) is 0 Å². The Hall–Kier alpha value is -2.24. The Morgan fingerprint density at radius 2 is 2.10 bits per heavy atom. The average molecular weight is 293 g/mol. The number of rotatable bonds is 4. The number of methoxy groups -OCH3 is 1. The van der Waals surface area contributed by atoms with Crippen molar-refractivity contribution in [3.63, 3.8) is 0 Å². The highest BCUT2D eigenvalue weighted by Gasteiger charge is 2.47. The maximum absolute atomic E-state index is 14.1. The summed E-state index contributed by atoms with van der Waals surface area (Å²) in [5, 5.41) is 9.57. The number of hydrogen-bond donors (Lipinski definition) is 1. The maximum atomic E-state index is 14.1. The summed E-state index contributed by atoms with van der Waals surface area (Å²) in [5.41, 5.74) is 0.122. The number of carbonyl (C=O) groups is 1. The maximum Gasteiger partial charge on any atom is 0.341 e. The number of aromatic carboxylic acids is 1. The Morgan fingerprint density at radius 1 is 1.38 bits per heavy atom. The van der Waals surface area contributed by atoms with E-state index in [1.54, 1.807) is 0 Å². The lowest BCUT2D eigenvalue weighted by Gasteiger charge is -2.16. The van der Waals surface area contributed by atoms with Crippen molar-refractivity contribution < 1.29 is 23.4 Å². The number of halogens is 2. The molecule has 0 aliphatic heterocycles. The largest absolute Gasteiger partial charge is 0.480 e. The van der Waals surface area contributed by atoms with Gasteiger partial charge < -0.3 is 9.84 Å². The molecule has 0 amide bonds. The van der Waals surface area contributed by atoms with Gasteiger partial charge >= 0.3 is 5.97 Å². The molecule has 0 spiro atoms. The third-order valence-corrected chi connectivity index (χ3v) is 3.68. The van der Waals surface area contributed by atoms with Crippen LogP contribution in [-0.4, -0.2) is 23.2 Å². The monoisotopic (exact) mass is 293 g/mol. The van der Waals surface area contributed by atoms with Gasteiger partial charge in [-0.2, -0.15) is 0 Å². The van der Waals surface area contributed by atoms with Gasteiger partial charge in [0, 0.05) is 16.9 Å². The first-order valence-corrected chi connectivity index (χ1v) is 6.54. The molecule has 1 N–H and O–H groups in total. The van der Waals surface area contributed by atoms with E-state index in [4.69, 9.17) is 9.84 Å². The van der Waals surface area contributed by atoms with Gasteiger partial charge in [0.1, 0.15) is 5.56 Å². The van der Waals surface area contributed by atoms with Crippen LogP contribution in [0.2, 0.25) is 0 Å². The van der Waals surface area contributed by atoms with Crippen LogP contribution in [0.5, 0.6) is 5.88 Å². The molecule has 0 atom stereocenters. The van der Waals surface area contributed by atoms with Crippen LogP contribution in [0.25, 0.3) is 10.9 Å².